The minimum atomic E-state index is -2.89. The third-order valence-electron chi connectivity index (χ3n) is 7.15. The molecule has 9 heteroatoms. The van der Waals surface area contributed by atoms with Gasteiger partial charge in [0.2, 0.25) is 5.91 Å². The zero-order valence-corrected chi connectivity index (χ0v) is 20.2. The van der Waals surface area contributed by atoms with Crippen LogP contribution in [0.5, 0.6) is 0 Å². The van der Waals surface area contributed by atoms with Crippen LogP contribution >= 0.6 is 0 Å². The molecule has 1 N–H and O–H groups in total. The van der Waals surface area contributed by atoms with Crippen LogP contribution in [-0.2, 0) is 4.79 Å². The molecule has 0 bridgehead atoms. The summed E-state index contributed by atoms with van der Waals surface area (Å²) in [7, 11) is 0. The van der Waals surface area contributed by atoms with Gasteiger partial charge in [-0.1, -0.05) is 6.92 Å². The van der Waals surface area contributed by atoms with Gasteiger partial charge in [0.05, 0.1) is 23.8 Å². The molecular weight excluding hydrogens is 438 g/mol. The summed E-state index contributed by atoms with van der Waals surface area (Å²) < 4.78 is 29.7. The Morgan fingerprint density at radius 3 is 2.59 bits per heavy atom. The topological polar surface area (TPSA) is 85.1 Å². The average molecular weight is 471 g/mol. The number of hydrogen-bond donors (Lipinski definition) is 1. The van der Waals surface area contributed by atoms with Gasteiger partial charge in [-0.2, -0.15) is 5.26 Å². The number of carbonyl (C=O) groups excluding carboxylic acids is 1. The van der Waals surface area contributed by atoms with Crippen LogP contribution in [0, 0.1) is 23.2 Å². The number of aromatic nitrogens is 2. The van der Waals surface area contributed by atoms with Crippen LogP contribution in [0.15, 0.2) is 24.5 Å². The van der Waals surface area contributed by atoms with E-state index < -0.39 is 11.8 Å². The Labute approximate surface area is 199 Å². The molecule has 2 saturated heterocycles. The molecule has 3 heterocycles. The highest BCUT2D eigenvalue weighted by atomic mass is 19.3. The van der Waals surface area contributed by atoms with E-state index >= 15 is 0 Å². The lowest BCUT2D eigenvalue weighted by Crippen LogP contribution is -2.55. The summed E-state index contributed by atoms with van der Waals surface area (Å²) in [5.74, 6) is -4.03. The van der Waals surface area contributed by atoms with Crippen LogP contribution in [-0.4, -0.2) is 64.5 Å². The SMILES string of the molecule is C[C@@H]1CN(c2ccc(C#N)c3nccnc23)C[C@@H]1NC(=O)CC1CCN(C(C)(C)C)CC1(F)F. The normalized spacial score (nSPS) is 25.3. The number of anilines is 1. The molecule has 1 aromatic carbocycles. The fraction of sp³-hybridized carbons (Fsp3) is 0.600. The third-order valence-corrected chi connectivity index (χ3v) is 7.15. The van der Waals surface area contributed by atoms with E-state index in [0.717, 1.165) is 5.69 Å². The summed E-state index contributed by atoms with van der Waals surface area (Å²) in [6, 6.07) is 5.58. The second kappa shape index (κ2) is 9.06. The van der Waals surface area contributed by atoms with Crippen LogP contribution in [0.4, 0.5) is 14.5 Å². The first-order valence-corrected chi connectivity index (χ1v) is 11.8. The summed E-state index contributed by atoms with van der Waals surface area (Å²) in [6.07, 6.45) is 3.29. The zero-order chi connectivity index (χ0) is 24.7. The van der Waals surface area contributed by atoms with Gasteiger partial charge in [0.15, 0.2) is 0 Å². The molecule has 0 saturated carbocycles. The largest absolute Gasteiger partial charge is 0.367 e. The molecule has 1 aromatic heterocycles. The van der Waals surface area contributed by atoms with E-state index in [-0.39, 0.29) is 36.4 Å². The van der Waals surface area contributed by atoms with Crippen molar-refractivity contribution in [1.82, 2.24) is 20.2 Å². The monoisotopic (exact) mass is 470 g/mol. The second-order valence-electron chi connectivity index (χ2n) is 10.6. The zero-order valence-electron chi connectivity index (χ0n) is 20.2. The number of benzene rings is 1. The molecule has 0 spiro atoms. The number of fused-ring (bicyclic) bond motifs is 1. The highest BCUT2D eigenvalue weighted by molar-refractivity contribution is 5.92. The number of nitriles is 1. The second-order valence-corrected chi connectivity index (χ2v) is 10.6. The Hall–Kier alpha value is -2.86. The molecule has 2 fully saturated rings. The van der Waals surface area contributed by atoms with Crippen molar-refractivity contribution in [2.24, 2.45) is 11.8 Å². The van der Waals surface area contributed by atoms with Crippen LogP contribution in [0.2, 0.25) is 0 Å². The molecular formula is C25H32F2N6O. The predicted molar refractivity (Wildman–Crippen MR) is 127 cm³/mol. The fourth-order valence-corrected chi connectivity index (χ4v) is 5.04. The van der Waals surface area contributed by atoms with Gasteiger partial charge in [-0.25, -0.2) is 8.78 Å². The molecule has 182 valence electrons. The van der Waals surface area contributed by atoms with Crippen molar-refractivity contribution in [2.75, 3.05) is 31.1 Å². The molecule has 0 aliphatic carbocycles. The lowest BCUT2D eigenvalue weighted by Gasteiger charge is -2.44. The summed E-state index contributed by atoms with van der Waals surface area (Å²) in [6.45, 7) is 9.33. The Kier molecular flexibility index (Phi) is 6.47. The van der Waals surface area contributed by atoms with Crippen molar-refractivity contribution in [3.8, 4) is 6.07 Å². The van der Waals surface area contributed by atoms with Crippen molar-refractivity contribution >= 4 is 22.6 Å². The van der Waals surface area contributed by atoms with E-state index in [1.165, 1.54) is 0 Å². The molecule has 34 heavy (non-hydrogen) atoms. The number of alkyl halides is 2. The van der Waals surface area contributed by atoms with Crippen molar-refractivity contribution in [3.63, 3.8) is 0 Å². The average Bonchev–Trinajstić information content (AvgIpc) is 3.13. The quantitative estimate of drug-likeness (QED) is 0.735. The first kappa shape index (κ1) is 24.3. The minimum Gasteiger partial charge on any atom is -0.367 e. The summed E-state index contributed by atoms with van der Waals surface area (Å²) in [5, 5.41) is 12.4. The maximum Gasteiger partial charge on any atom is 0.263 e. The van der Waals surface area contributed by atoms with E-state index in [1.807, 2.05) is 33.8 Å². The van der Waals surface area contributed by atoms with Crippen LogP contribution in [0.25, 0.3) is 11.0 Å². The van der Waals surface area contributed by atoms with Gasteiger partial charge < -0.3 is 10.2 Å². The smallest absolute Gasteiger partial charge is 0.263 e. The van der Waals surface area contributed by atoms with Gasteiger partial charge in [-0.15, -0.1) is 0 Å². The Balaban J connectivity index is 1.41. The summed E-state index contributed by atoms with van der Waals surface area (Å²) in [5.41, 5.74) is 2.19. The number of hydrogen-bond acceptors (Lipinski definition) is 6. The van der Waals surface area contributed by atoms with Gasteiger partial charge in [0, 0.05) is 43.4 Å². The van der Waals surface area contributed by atoms with Gasteiger partial charge in [-0.3, -0.25) is 19.7 Å². The maximum absolute atomic E-state index is 14.8. The first-order chi connectivity index (χ1) is 16.0. The number of halogens is 2. The third kappa shape index (κ3) is 4.83. The molecule has 1 unspecified atom stereocenters. The van der Waals surface area contributed by atoms with E-state index in [0.29, 0.717) is 42.7 Å². The van der Waals surface area contributed by atoms with E-state index in [1.54, 1.807) is 23.4 Å². The molecule has 1 amide bonds. The van der Waals surface area contributed by atoms with Gasteiger partial charge in [-0.05, 0) is 51.8 Å². The number of piperidine rings is 1. The number of rotatable bonds is 4. The van der Waals surface area contributed by atoms with E-state index in [2.05, 4.69) is 26.3 Å². The standard InChI is InChI=1S/C25H32F2N6O/c1-16-13-32(20-6-5-17(12-28)22-23(20)30-9-8-29-22)14-19(16)31-21(34)11-18-7-10-33(24(2,3)4)15-25(18,26)27/h5-6,8-9,16,18-19H,7,10-11,13-15H2,1-4H3,(H,31,34)/t16-,18?,19+/m1/s1. The molecule has 3 atom stereocenters. The van der Waals surface area contributed by atoms with Crippen molar-refractivity contribution in [2.45, 2.75) is 58.0 Å². The highest BCUT2D eigenvalue weighted by Crippen LogP contribution is 2.38. The molecule has 2 aliphatic rings. The lowest BCUT2D eigenvalue weighted by molar-refractivity contribution is -0.143. The maximum atomic E-state index is 14.8. The molecule has 7 nitrogen and oxygen atoms in total. The molecule has 2 aliphatic heterocycles. The highest BCUT2D eigenvalue weighted by Gasteiger charge is 2.47. The number of likely N-dealkylation sites (tertiary alicyclic amines) is 1. The molecule has 2 aromatic rings. The lowest BCUT2D eigenvalue weighted by atomic mass is 9.87. The number of nitrogens with one attached hydrogen (secondary N) is 1. The van der Waals surface area contributed by atoms with Crippen LogP contribution < -0.4 is 10.2 Å². The first-order valence-electron chi connectivity index (χ1n) is 11.8. The van der Waals surface area contributed by atoms with Crippen molar-refractivity contribution < 1.29 is 13.6 Å². The van der Waals surface area contributed by atoms with Crippen molar-refractivity contribution in [3.05, 3.63) is 30.1 Å². The van der Waals surface area contributed by atoms with Gasteiger partial charge in [0.25, 0.3) is 5.92 Å². The van der Waals surface area contributed by atoms with Gasteiger partial charge in [0.1, 0.15) is 17.1 Å². The minimum absolute atomic E-state index is 0.134. The molecule has 0 radical (unpaired) electrons. The number of nitrogens with zero attached hydrogens (tertiary/aromatic N) is 5. The number of amides is 1. The predicted octanol–water partition coefficient (Wildman–Crippen LogP) is 3.59. The van der Waals surface area contributed by atoms with E-state index in [9.17, 15) is 18.8 Å². The fourth-order valence-electron chi connectivity index (χ4n) is 5.04. The number of carbonyl (C=O) groups is 1. The Morgan fingerprint density at radius 2 is 1.94 bits per heavy atom. The van der Waals surface area contributed by atoms with E-state index in [4.69, 9.17) is 0 Å². The van der Waals surface area contributed by atoms with Crippen LogP contribution in [0.1, 0.15) is 46.1 Å². The Morgan fingerprint density at radius 1 is 1.24 bits per heavy atom. The van der Waals surface area contributed by atoms with Crippen LogP contribution in [0.3, 0.4) is 0 Å². The van der Waals surface area contributed by atoms with Crippen molar-refractivity contribution in [1.29, 1.82) is 5.26 Å². The Bertz CT molecular complexity index is 1110. The van der Waals surface area contributed by atoms with Gasteiger partial charge >= 0.3 is 0 Å². The summed E-state index contributed by atoms with van der Waals surface area (Å²) >= 11 is 0. The molecule has 4 rings (SSSR count). The summed E-state index contributed by atoms with van der Waals surface area (Å²) in [4.78, 5) is 25.4.